The van der Waals surface area contributed by atoms with Crippen molar-refractivity contribution in [3.8, 4) is 5.75 Å². The molecule has 2 aromatic carbocycles. The molecule has 5 heteroatoms. The average molecular weight is 305 g/mol. The number of rotatable bonds is 6. The number of hydrogen-bond donors (Lipinski definition) is 0. The highest BCUT2D eigenvalue weighted by atomic mass is 32.2. The van der Waals surface area contributed by atoms with E-state index in [2.05, 4.69) is 0 Å². The van der Waals surface area contributed by atoms with Crippen LogP contribution in [-0.4, -0.2) is 26.4 Å². The molecule has 0 aromatic heterocycles. The summed E-state index contributed by atoms with van der Waals surface area (Å²) in [6.07, 6.45) is 0. The Morgan fingerprint density at radius 2 is 1.62 bits per heavy atom. The third-order valence-electron chi connectivity index (χ3n) is 3.24. The summed E-state index contributed by atoms with van der Waals surface area (Å²) in [7, 11) is -2.11. The molecular formula is C16H19NO3S. The maximum Gasteiger partial charge on any atom is 0.247 e. The molecule has 21 heavy (non-hydrogen) atoms. The fraction of sp³-hybridized carbons (Fsp3) is 0.250. The number of hydrogen-bond acceptors (Lipinski definition) is 3. The summed E-state index contributed by atoms with van der Waals surface area (Å²) in [5.74, 6) is 0.365. The minimum Gasteiger partial charge on any atom is -0.495 e. The minimum absolute atomic E-state index is 0.199. The molecule has 0 unspecified atom stereocenters. The normalized spacial score (nSPS) is 11.6. The molecule has 0 saturated carbocycles. The Kier molecular flexibility index (Phi) is 4.98. The van der Waals surface area contributed by atoms with Crippen LogP contribution >= 0.6 is 0 Å². The molecule has 0 saturated heterocycles. The molecule has 0 bridgehead atoms. The fourth-order valence-electron chi connectivity index (χ4n) is 2.12. The van der Waals surface area contributed by atoms with Crippen molar-refractivity contribution in [1.29, 1.82) is 0 Å². The number of nitrogens with zero attached hydrogens (tertiary/aromatic N) is 1. The lowest BCUT2D eigenvalue weighted by atomic mass is 10.2. The lowest BCUT2D eigenvalue weighted by molar-refractivity contribution is 0.391. The van der Waals surface area contributed by atoms with Crippen LogP contribution in [0.2, 0.25) is 0 Å². The van der Waals surface area contributed by atoms with E-state index in [0.29, 0.717) is 18.8 Å². The van der Waals surface area contributed by atoms with Gasteiger partial charge in [-0.2, -0.15) is 4.31 Å². The molecule has 0 spiro atoms. The second-order valence-corrected chi connectivity index (χ2v) is 6.47. The Balaban J connectivity index is 2.36. The molecule has 0 N–H and O–H groups in total. The first-order chi connectivity index (χ1) is 10.1. The number of para-hydroxylation sites is 1. The van der Waals surface area contributed by atoms with Crippen molar-refractivity contribution in [3.05, 3.63) is 60.2 Å². The summed E-state index contributed by atoms with van der Waals surface area (Å²) in [4.78, 5) is 0.199. The molecule has 0 atom stereocenters. The SMILES string of the molecule is CCN(Cc1ccccc1)S(=O)(=O)c1ccccc1OC. The van der Waals surface area contributed by atoms with Gasteiger partial charge in [0.2, 0.25) is 10.0 Å². The van der Waals surface area contributed by atoms with Gasteiger partial charge in [0.15, 0.2) is 0 Å². The zero-order chi connectivity index (χ0) is 15.3. The molecule has 0 amide bonds. The molecule has 0 aliphatic carbocycles. The van der Waals surface area contributed by atoms with E-state index in [9.17, 15) is 8.42 Å². The topological polar surface area (TPSA) is 46.6 Å². The van der Waals surface area contributed by atoms with Gasteiger partial charge >= 0.3 is 0 Å². The summed E-state index contributed by atoms with van der Waals surface area (Å²) in [5.41, 5.74) is 0.956. The third kappa shape index (κ3) is 3.43. The zero-order valence-electron chi connectivity index (χ0n) is 12.2. The Labute approximate surface area is 126 Å². The first kappa shape index (κ1) is 15.5. The summed E-state index contributed by atoms with van der Waals surface area (Å²) in [5, 5.41) is 0. The maximum atomic E-state index is 12.8. The summed E-state index contributed by atoms with van der Waals surface area (Å²) in [6, 6.07) is 16.2. The first-order valence-electron chi connectivity index (χ1n) is 6.76. The largest absolute Gasteiger partial charge is 0.495 e. The third-order valence-corrected chi connectivity index (χ3v) is 5.20. The van der Waals surface area contributed by atoms with Crippen molar-refractivity contribution in [2.45, 2.75) is 18.4 Å². The van der Waals surface area contributed by atoms with E-state index in [1.54, 1.807) is 24.3 Å². The van der Waals surface area contributed by atoms with Gasteiger partial charge in [0.25, 0.3) is 0 Å². The second-order valence-electron chi connectivity index (χ2n) is 4.57. The predicted octanol–water partition coefficient (Wildman–Crippen LogP) is 2.91. The van der Waals surface area contributed by atoms with Crippen molar-refractivity contribution < 1.29 is 13.2 Å². The number of benzene rings is 2. The van der Waals surface area contributed by atoms with Crippen molar-refractivity contribution in [2.24, 2.45) is 0 Å². The van der Waals surface area contributed by atoms with Crippen LogP contribution in [0.3, 0.4) is 0 Å². The van der Waals surface area contributed by atoms with Crippen LogP contribution in [0.4, 0.5) is 0 Å². The fourth-order valence-corrected chi connectivity index (χ4v) is 3.72. The average Bonchev–Trinajstić information content (AvgIpc) is 2.53. The minimum atomic E-state index is -3.58. The molecule has 0 heterocycles. The van der Waals surface area contributed by atoms with Crippen LogP contribution < -0.4 is 4.74 Å². The van der Waals surface area contributed by atoms with E-state index < -0.39 is 10.0 Å². The van der Waals surface area contributed by atoms with Gasteiger partial charge in [0.1, 0.15) is 10.6 Å². The quantitative estimate of drug-likeness (QED) is 0.824. The van der Waals surface area contributed by atoms with E-state index in [-0.39, 0.29) is 4.90 Å². The van der Waals surface area contributed by atoms with Gasteiger partial charge < -0.3 is 4.74 Å². The molecule has 0 aliphatic rings. The smallest absolute Gasteiger partial charge is 0.247 e. The highest BCUT2D eigenvalue weighted by Crippen LogP contribution is 2.27. The van der Waals surface area contributed by atoms with Gasteiger partial charge in [0, 0.05) is 13.1 Å². The van der Waals surface area contributed by atoms with Crippen molar-refractivity contribution in [3.63, 3.8) is 0 Å². The van der Waals surface area contributed by atoms with Gasteiger partial charge in [-0.05, 0) is 17.7 Å². The number of methoxy groups -OCH3 is 1. The van der Waals surface area contributed by atoms with Crippen molar-refractivity contribution in [1.82, 2.24) is 4.31 Å². The molecule has 4 nitrogen and oxygen atoms in total. The Hall–Kier alpha value is -1.85. The standard InChI is InChI=1S/C16H19NO3S/c1-3-17(13-14-9-5-4-6-10-14)21(18,19)16-12-8-7-11-15(16)20-2/h4-12H,3,13H2,1-2H3. The van der Waals surface area contributed by atoms with Gasteiger partial charge in [-0.3, -0.25) is 0 Å². The van der Waals surface area contributed by atoms with Gasteiger partial charge in [0.05, 0.1) is 7.11 Å². The molecule has 0 fully saturated rings. The second kappa shape index (κ2) is 6.74. The van der Waals surface area contributed by atoms with E-state index in [4.69, 9.17) is 4.74 Å². The van der Waals surface area contributed by atoms with E-state index in [1.807, 2.05) is 37.3 Å². The maximum absolute atomic E-state index is 12.8. The monoisotopic (exact) mass is 305 g/mol. The molecule has 2 aromatic rings. The predicted molar refractivity (Wildman–Crippen MR) is 82.7 cm³/mol. The highest BCUT2D eigenvalue weighted by Gasteiger charge is 2.26. The van der Waals surface area contributed by atoms with Gasteiger partial charge in [-0.25, -0.2) is 8.42 Å². The first-order valence-corrected chi connectivity index (χ1v) is 8.20. The van der Waals surface area contributed by atoms with Gasteiger partial charge in [-0.15, -0.1) is 0 Å². The van der Waals surface area contributed by atoms with Gasteiger partial charge in [-0.1, -0.05) is 49.4 Å². The lowest BCUT2D eigenvalue weighted by Crippen LogP contribution is -2.30. The lowest BCUT2D eigenvalue weighted by Gasteiger charge is -2.21. The summed E-state index contributed by atoms with van der Waals surface area (Å²) in [6.45, 7) is 2.57. The van der Waals surface area contributed by atoms with Crippen LogP contribution in [-0.2, 0) is 16.6 Å². The van der Waals surface area contributed by atoms with Crippen LogP contribution in [0.15, 0.2) is 59.5 Å². The molecular weight excluding hydrogens is 286 g/mol. The molecule has 0 aliphatic heterocycles. The summed E-state index contributed by atoms with van der Waals surface area (Å²) < 4.78 is 32.2. The van der Waals surface area contributed by atoms with Crippen LogP contribution in [0, 0.1) is 0 Å². The molecule has 2 rings (SSSR count). The molecule has 112 valence electrons. The number of ether oxygens (including phenoxy) is 1. The zero-order valence-corrected chi connectivity index (χ0v) is 13.0. The van der Waals surface area contributed by atoms with Crippen LogP contribution in [0.25, 0.3) is 0 Å². The Bertz CT molecular complexity index is 684. The van der Waals surface area contributed by atoms with E-state index >= 15 is 0 Å². The van der Waals surface area contributed by atoms with Crippen molar-refractivity contribution in [2.75, 3.05) is 13.7 Å². The Morgan fingerprint density at radius 3 is 2.24 bits per heavy atom. The van der Waals surface area contributed by atoms with Crippen LogP contribution in [0.1, 0.15) is 12.5 Å². The van der Waals surface area contributed by atoms with E-state index in [1.165, 1.54) is 11.4 Å². The summed E-state index contributed by atoms with van der Waals surface area (Å²) >= 11 is 0. The highest BCUT2D eigenvalue weighted by molar-refractivity contribution is 7.89. The van der Waals surface area contributed by atoms with E-state index in [0.717, 1.165) is 5.56 Å². The Morgan fingerprint density at radius 1 is 1.00 bits per heavy atom. The van der Waals surface area contributed by atoms with Crippen molar-refractivity contribution >= 4 is 10.0 Å². The van der Waals surface area contributed by atoms with Crippen LogP contribution in [0.5, 0.6) is 5.75 Å². The number of sulfonamides is 1. The molecule has 0 radical (unpaired) electrons.